The summed E-state index contributed by atoms with van der Waals surface area (Å²) in [5.74, 6) is -1.85. The molecule has 0 spiro atoms. The highest BCUT2D eigenvalue weighted by Crippen LogP contribution is 2.26. The third-order valence-corrected chi connectivity index (χ3v) is 3.08. The van der Waals surface area contributed by atoms with Gasteiger partial charge in [-0.05, 0) is 42.6 Å². The lowest BCUT2D eigenvalue weighted by Crippen LogP contribution is -2.13. The first-order valence-electron chi connectivity index (χ1n) is 5.47. The van der Waals surface area contributed by atoms with Crippen LogP contribution in [0.2, 0.25) is 0 Å². The highest BCUT2D eigenvalue weighted by atomic mass is 32.1. The summed E-state index contributed by atoms with van der Waals surface area (Å²) in [4.78, 5) is 15.0. The molecule has 2 rings (SSSR count). The van der Waals surface area contributed by atoms with Crippen molar-refractivity contribution in [3.05, 3.63) is 29.7 Å². The summed E-state index contributed by atoms with van der Waals surface area (Å²) in [6.07, 6.45) is -0.0940. The van der Waals surface area contributed by atoms with E-state index in [9.17, 15) is 9.90 Å². The minimum atomic E-state index is -1.08. The molecule has 1 heterocycles. The molecule has 8 heteroatoms. The minimum Gasteiger partial charge on any atom is -0.502 e. The van der Waals surface area contributed by atoms with Crippen LogP contribution in [0.4, 0.5) is 0 Å². The Morgan fingerprint density at radius 1 is 1.30 bits per heavy atom. The van der Waals surface area contributed by atoms with Gasteiger partial charge in [0.1, 0.15) is 11.4 Å². The van der Waals surface area contributed by atoms with Crippen molar-refractivity contribution in [3.63, 3.8) is 0 Å². The zero-order chi connectivity index (χ0) is 14.9. The van der Waals surface area contributed by atoms with Crippen LogP contribution in [0.15, 0.2) is 22.6 Å². The van der Waals surface area contributed by atoms with Crippen LogP contribution in [-0.2, 0) is 0 Å². The number of nitrogens with zero attached hydrogens (tertiary/aromatic N) is 1. The lowest BCUT2D eigenvalue weighted by atomic mass is 10.1. The van der Waals surface area contributed by atoms with Gasteiger partial charge in [0.2, 0.25) is 5.89 Å². The highest BCUT2D eigenvalue weighted by Gasteiger charge is 2.24. The number of aromatic carboxylic acids is 1. The number of carbonyl (C=O) groups is 1. The second-order valence-electron chi connectivity index (χ2n) is 4.03. The summed E-state index contributed by atoms with van der Waals surface area (Å²) < 4.78 is 5.40. The molecule has 0 saturated carbocycles. The molecule has 1 aromatic heterocycles. The van der Waals surface area contributed by atoms with Crippen molar-refractivity contribution in [1.29, 1.82) is 0 Å². The maximum atomic E-state index is 10.9. The lowest BCUT2D eigenvalue weighted by molar-refractivity contribution is 0.0697. The van der Waals surface area contributed by atoms with Crippen LogP contribution < -0.4 is 0 Å². The Morgan fingerprint density at radius 2 is 2.00 bits per heavy atom. The molecule has 0 amide bonds. The molecule has 2 aromatic rings. The quantitative estimate of drug-likeness (QED) is 0.724. The Labute approximate surface area is 123 Å². The molecular formula is C12H9NO5S2. The standard InChI is InChI=1S/C12H9NO5S2/c14-9(19)4-6(12(17)20)10-13-7-3-5(11(15)16)1-2-8(7)18-10/h1-3,6H,4H2,(H,14,19)(H,15,16)(H,17,20). The third kappa shape index (κ3) is 2.91. The van der Waals surface area contributed by atoms with Crippen molar-refractivity contribution in [3.8, 4) is 0 Å². The Bertz CT molecular complexity index is 709. The van der Waals surface area contributed by atoms with Gasteiger partial charge >= 0.3 is 5.97 Å². The summed E-state index contributed by atoms with van der Waals surface area (Å²) >= 11 is 9.24. The number of oxazole rings is 1. The minimum absolute atomic E-state index is 0.0677. The van der Waals surface area contributed by atoms with E-state index in [2.05, 4.69) is 29.4 Å². The molecule has 0 bridgehead atoms. The van der Waals surface area contributed by atoms with E-state index in [4.69, 9.17) is 14.6 Å². The van der Waals surface area contributed by atoms with Gasteiger partial charge in [-0.15, -0.1) is 0 Å². The number of thiocarbonyl (C=S) groups is 2. The summed E-state index contributed by atoms with van der Waals surface area (Å²) in [6, 6.07) is 4.19. The van der Waals surface area contributed by atoms with Gasteiger partial charge in [-0.3, -0.25) is 0 Å². The van der Waals surface area contributed by atoms with Crippen LogP contribution in [-0.4, -0.2) is 36.4 Å². The van der Waals surface area contributed by atoms with Crippen LogP contribution in [0.5, 0.6) is 0 Å². The monoisotopic (exact) mass is 311 g/mol. The summed E-state index contributed by atoms with van der Waals surface area (Å²) in [6.45, 7) is 0. The number of carboxylic acid groups (broad SMARTS) is 1. The number of rotatable bonds is 5. The Morgan fingerprint density at radius 3 is 2.55 bits per heavy atom. The van der Waals surface area contributed by atoms with Gasteiger partial charge in [-0.2, -0.15) is 0 Å². The molecule has 3 N–H and O–H groups in total. The number of hydrogen-bond donors (Lipinski definition) is 3. The number of benzene rings is 1. The predicted octanol–water partition coefficient (Wildman–Crippen LogP) is 2.77. The van der Waals surface area contributed by atoms with Gasteiger partial charge in [-0.1, -0.05) is 0 Å². The van der Waals surface area contributed by atoms with Gasteiger partial charge in [0, 0.05) is 6.42 Å². The van der Waals surface area contributed by atoms with Crippen molar-refractivity contribution in [1.82, 2.24) is 4.98 Å². The van der Waals surface area contributed by atoms with E-state index in [1.165, 1.54) is 18.2 Å². The zero-order valence-corrected chi connectivity index (χ0v) is 11.6. The van der Waals surface area contributed by atoms with E-state index in [0.717, 1.165) is 0 Å². The number of carboxylic acids is 1. The first-order valence-corrected chi connectivity index (χ1v) is 6.28. The Balaban J connectivity index is 2.46. The number of aliphatic hydroxyl groups is 2. The molecule has 104 valence electrons. The van der Waals surface area contributed by atoms with E-state index >= 15 is 0 Å². The molecule has 6 nitrogen and oxygen atoms in total. The van der Waals surface area contributed by atoms with Crippen LogP contribution in [0.3, 0.4) is 0 Å². The van der Waals surface area contributed by atoms with Crippen molar-refractivity contribution in [2.75, 3.05) is 0 Å². The van der Waals surface area contributed by atoms with E-state index in [0.29, 0.717) is 11.1 Å². The fourth-order valence-corrected chi connectivity index (χ4v) is 2.03. The maximum Gasteiger partial charge on any atom is 0.335 e. The van der Waals surface area contributed by atoms with E-state index in [1.54, 1.807) is 0 Å². The summed E-state index contributed by atoms with van der Waals surface area (Å²) in [5.41, 5.74) is 0.748. The lowest BCUT2D eigenvalue weighted by Gasteiger charge is -2.07. The maximum absolute atomic E-state index is 10.9. The number of hydrogen-bond acceptors (Lipinski definition) is 5. The van der Waals surface area contributed by atoms with Gasteiger partial charge < -0.3 is 19.7 Å². The van der Waals surface area contributed by atoms with Crippen molar-refractivity contribution in [2.45, 2.75) is 12.3 Å². The number of aliphatic hydroxyl groups excluding tert-OH is 2. The average molecular weight is 311 g/mol. The second-order valence-corrected chi connectivity index (χ2v) is 4.92. The fraction of sp³-hybridized carbons (Fsp3) is 0.167. The van der Waals surface area contributed by atoms with Gasteiger partial charge in [0.05, 0.1) is 5.56 Å². The van der Waals surface area contributed by atoms with Crippen LogP contribution in [0.25, 0.3) is 11.1 Å². The first-order chi connectivity index (χ1) is 9.38. The molecule has 0 saturated heterocycles. The van der Waals surface area contributed by atoms with Crippen molar-refractivity contribution >= 4 is 51.6 Å². The van der Waals surface area contributed by atoms with Crippen LogP contribution in [0, 0.1) is 0 Å². The molecule has 0 aliphatic rings. The van der Waals surface area contributed by atoms with E-state index in [1.807, 2.05) is 0 Å². The first kappa shape index (κ1) is 14.4. The predicted molar refractivity (Wildman–Crippen MR) is 78.8 cm³/mol. The molecule has 1 aromatic carbocycles. The second kappa shape index (κ2) is 5.51. The molecule has 20 heavy (non-hydrogen) atoms. The Hall–Kier alpha value is -2.06. The fourth-order valence-electron chi connectivity index (χ4n) is 1.68. The van der Waals surface area contributed by atoms with E-state index < -0.39 is 16.9 Å². The summed E-state index contributed by atoms with van der Waals surface area (Å²) in [7, 11) is 0. The third-order valence-electron chi connectivity index (χ3n) is 2.63. The van der Waals surface area contributed by atoms with Crippen molar-refractivity contribution in [2.24, 2.45) is 0 Å². The zero-order valence-electron chi connectivity index (χ0n) is 9.94. The molecule has 0 aliphatic carbocycles. The summed E-state index contributed by atoms with van der Waals surface area (Å²) in [5, 5.41) is 26.7. The SMILES string of the molecule is O=C(O)c1ccc2oc(C(CC(O)=S)C(O)=S)nc2c1. The van der Waals surface area contributed by atoms with Gasteiger partial charge in [-0.25, -0.2) is 9.78 Å². The molecule has 1 unspecified atom stereocenters. The molecule has 0 radical (unpaired) electrons. The van der Waals surface area contributed by atoms with E-state index in [-0.39, 0.29) is 22.9 Å². The van der Waals surface area contributed by atoms with Crippen molar-refractivity contribution < 1.29 is 24.5 Å². The molecule has 0 fully saturated rings. The average Bonchev–Trinajstić information content (AvgIpc) is 2.77. The number of fused-ring (bicyclic) bond motifs is 1. The molecule has 0 aliphatic heterocycles. The molecule has 1 atom stereocenters. The normalized spacial score (nSPS) is 12.2. The molecular weight excluding hydrogens is 302 g/mol. The number of aromatic nitrogens is 1. The van der Waals surface area contributed by atoms with Gasteiger partial charge in [0.15, 0.2) is 15.7 Å². The van der Waals surface area contributed by atoms with Crippen LogP contribution in [0.1, 0.15) is 28.6 Å². The smallest absolute Gasteiger partial charge is 0.335 e. The van der Waals surface area contributed by atoms with Crippen LogP contribution >= 0.6 is 24.4 Å². The topological polar surface area (TPSA) is 104 Å². The van der Waals surface area contributed by atoms with Gasteiger partial charge in [0.25, 0.3) is 0 Å². The largest absolute Gasteiger partial charge is 0.502 e. The Kier molecular flexibility index (Phi) is 3.96. The highest BCUT2D eigenvalue weighted by molar-refractivity contribution is 7.80.